The van der Waals surface area contributed by atoms with Crippen LogP contribution < -0.4 is 0 Å². The van der Waals surface area contributed by atoms with E-state index in [9.17, 15) is 4.79 Å². The summed E-state index contributed by atoms with van der Waals surface area (Å²) in [4.78, 5) is 12.0. The topological polar surface area (TPSA) is 17.1 Å². The van der Waals surface area contributed by atoms with Gasteiger partial charge in [-0.1, -0.05) is 54.6 Å². The summed E-state index contributed by atoms with van der Waals surface area (Å²) in [7, 11) is 0. The number of rotatable bonds is 7. The minimum Gasteiger partial charge on any atom is -0.294 e. The Kier molecular flexibility index (Phi) is 6.40. The van der Waals surface area contributed by atoms with Crippen LogP contribution in [0.5, 0.6) is 0 Å². The quantitative estimate of drug-likeness (QED) is 0.519. The zero-order chi connectivity index (χ0) is 15.1. The number of ketones is 1. The van der Waals surface area contributed by atoms with Crippen molar-refractivity contribution in [2.75, 3.05) is 12.5 Å². The molecule has 1 aliphatic carbocycles. The predicted octanol–water partition coefficient (Wildman–Crippen LogP) is 5.03. The van der Waals surface area contributed by atoms with E-state index in [1.54, 1.807) is 29.6 Å². The summed E-state index contributed by atoms with van der Waals surface area (Å²) in [6, 6.07) is 10.2. The molecule has 110 valence electrons. The van der Waals surface area contributed by atoms with Gasteiger partial charge in [0.05, 0.1) is 0 Å². The van der Waals surface area contributed by atoms with E-state index in [4.69, 9.17) is 0 Å². The van der Waals surface area contributed by atoms with Crippen molar-refractivity contribution >= 4 is 35.4 Å². The molecule has 1 aliphatic rings. The van der Waals surface area contributed by atoms with Crippen molar-refractivity contribution in [2.45, 2.75) is 6.42 Å². The second kappa shape index (κ2) is 8.30. The summed E-state index contributed by atoms with van der Waals surface area (Å²) in [5, 5.41) is 0. The fraction of sp³-hybridized carbons (Fsp3) is 0.278. The number of benzene rings is 1. The predicted molar refractivity (Wildman–Crippen MR) is 96.3 cm³/mol. The van der Waals surface area contributed by atoms with Crippen molar-refractivity contribution in [1.82, 2.24) is 0 Å². The van der Waals surface area contributed by atoms with E-state index in [0.717, 1.165) is 10.7 Å². The first-order valence-corrected chi connectivity index (χ1v) is 9.43. The Morgan fingerprint density at radius 2 is 1.86 bits per heavy atom. The highest BCUT2D eigenvalue weighted by molar-refractivity contribution is 8.21. The average Bonchev–Trinajstić information content (AvgIpc) is 3.30. The Bertz CT molecular complexity index is 552. The first-order valence-electron chi connectivity index (χ1n) is 6.98. The van der Waals surface area contributed by atoms with E-state index in [0.29, 0.717) is 5.92 Å². The maximum Gasteiger partial charge on any atom is 0.161 e. The highest BCUT2D eigenvalue weighted by Gasteiger charge is 2.39. The Morgan fingerprint density at radius 1 is 1.14 bits per heavy atom. The largest absolute Gasteiger partial charge is 0.294 e. The van der Waals surface area contributed by atoms with Crippen LogP contribution in [-0.2, 0) is 4.79 Å². The van der Waals surface area contributed by atoms with Gasteiger partial charge in [0, 0.05) is 16.2 Å². The van der Waals surface area contributed by atoms with E-state index in [-0.39, 0.29) is 11.7 Å². The molecule has 2 unspecified atom stereocenters. The summed E-state index contributed by atoms with van der Waals surface area (Å²) < 4.78 is 1.10. The van der Waals surface area contributed by atoms with Crippen molar-refractivity contribution in [3.8, 4) is 0 Å². The molecular formula is C18H20OS2. The van der Waals surface area contributed by atoms with Gasteiger partial charge in [0.2, 0.25) is 0 Å². The number of thioether (sulfide) groups is 2. The highest BCUT2D eigenvalue weighted by Crippen LogP contribution is 2.41. The fourth-order valence-corrected chi connectivity index (χ4v) is 3.25. The molecule has 0 N–H and O–H groups in total. The maximum absolute atomic E-state index is 12.0. The Hall–Kier alpha value is -1.19. The molecule has 3 heteroatoms. The third kappa shape index (κ3) is 5.25. The lowest BCUT2D eigenvalue weighted by atomic mass is 10.2. The molecule has 1 nitrogen and oxygen atoms in total. The molecule has 0 aliphatic heterocycles. The van der Waals surface area contributed by atoms with Crippen molar-refractivity contribution in [3.63, 3.8) is 0 Å². The highest BCUT2D eigenvalue weighted by atomic mass is 32.2. The molecule has 0 spiro atoms. The number of hydrogen-bond donors (Lipinski definition) is 0. The minimum absolute atomic E-state index is 0.195. The van der Waals surface area contributed by atoms with Gasteiger partial charge in [-0.05, 0) is 30.4 Å². The molecule has 2 atom stereocenters. The second-order valence-electron chi connectivity index (χ2n) is 4.93. The summed E-state index contributed by atoms with van der Waals surface area (Å²) >= 11 is 3.28. The van der Waals surface area contributed by atoms with E-state index in [2.05, 4.69) is 30.4 Å². The Morgan fingerprint density at radius 3 is 2.52 bits per heavy atom. The number of allylic oxidation sites excluding steroid dienone is 4. The van der Waals surface area contributed by atoms with Crippen LogP contribution >= 0.6 is 23.5 Å². The molecule has 0 bridgehead atoms. The van der Waals surface area contributed by atoms with Crippen molar-refractivity contribution in [1.29, 1.82) is 0 Å². The molecule has 0 amide bonds. The molecule has 1 fully saturated rings. The third-order valence-corrected chi connectivity index (χ3v) is 5.47. The van der Waals surface area contributed by atoms with Crippen LogP contribution in [0, 0.1) is 11.8 Å². The van der Waals surface area contributed by atoms with E-state index in [1.165, 1.54) is 5.56 Å². The van der Waals surface area contributed by atoms with Gasteiger partial charge in [0.1, 0.15) is 0 Å². The first kappa shape index (κ1) is 16.2. The van der Waals surface area contributed by atoms with E-state index in [1.807, 2.05) is 36.8 Å². The molecule has 21 heavy (non-hydrogen) atoms. The Labute approximate surface area is 135 Å². The normalized spacial score (nSPS) is 20.9. The standard InChI is InChI=1S/C18H20OS2/c1-20-18(21-2)13-17(19)16-12-15(16)11-7-6-10-14-8-4-3-5-9-14/h3-11,13,15-16H,12H2,1-2H3/b10-6+,11-7+. The van der Waals surface area contributed by atoms with Crippen LogP contribution in [0.25, 0.3) is 6.08 Å². The van der Waals surface area contributed by atoms with E-state index < -0.39 is 0 Å². The monoisotopic (exact) mass is 316 g/mol. The average molecular weight is 316 g/mol. The molecule has 0 saturated heterocycles. The SMILES string of the molecule is CSC(=CC(=O)C1CC1/C=C/C=C/c1ccccc1)SC. The van der Waals surface area contributed by atoms with Gasteiger partial charge in [0.25, 0.3) is 0 Å². The molecule has 1 aromatic carbocycles. The first-order chi connectivity index (χ1) is 10.2. The summed E-state index contributed by atoms with van der Waals surface area (Å²) in [6.45, 7) is 0. The molecule has 2 rings (SSSR count). The molecule has 1 aromatic rings. The molecule has 0 aromatic heterocycles. The maximum atomic E-state index is 12.0. The summed E-state index contributed by atoms with van der Waals surface area (Å²) in [5.41, 5.74) is 1.19. The van der Waals surface area contributed by atoms with Crippen molar-refractivity contribution in [3.05, 3.63) is 64.4 Å². The minimum atomic E-state index is 0.195. The zero-order valence-electron chi connectivity index (χ0n) is 12.4. The van der Waals surface area contributed by atoms with E-state index >= 15 is 0 Å². The van der Waals surface area contributed by atoms with Crippen molar-refractivity contribution in [2.24, 2.45) is 11.8 Å². The number of carbonyl (C=O) groups excluding carboxylic acids is 1. The summed E-state index contributed by atoms with van der Waals surface area (Å²) in [6.07, 6.45) is 15.1. The molecule has 0 heterocycles. The van der Waals surface area contributed by atoms with Gasteiger partial charge >= 0.3 is 0 Å². The Balaban J connectivity index is 1.81. The molecule has 0 radical (unpaired) electrons. The second-order valence-corrected chi connectivity index (χ2v) is 6.89. The third-order valence-electron chi connectivity index (χ3n) is 3.43. The van der Waals surface area contributed by atoms with Crippen LogP contribution in [0.15, 0.2) is 58.9 Å². The zero-order valence-corrected chi connectivity index (χ0v) is 14.0. The fourth-order valence-electron chi connectivity index (χ4n) is 2.12. The lowest BCUT2D eigenvalue weighted by Gasteiger charge is -1.97. The van der Waals surface area contributed by atoms with Gasteiger partial charge in [-0.15, -0.1) is 23.5 Å². The van der Waals surface area contributed by atoms with Crippen LogP contribution in [0.2, 0.25) is 0 Å². The summed E-state index contributed by atoms with van der Waals surface area (Å²) in [5.74, 6) is 0.884. The van der Waals surface area contributed by atoms with Gasteiger partial charge < -0.3 is 0 Å². The van der Waals surface area contributed by atoms with Crippen LogP contribution in [0.4, 0.5) is 0 Å². The van der Waals surface area contributed by atoms with Crippen LogP contribution in [0.3, 0.4) is 0 Å². The molecular weight excluding hydrogens is 296 g/mol. The molecule has 1 saturated carbocycles. The number of hydrogen-bond acceptors (Lipinski definition) is 3. The van der Waals surface area contributed by atoms with Gasteiger partial charge in [0.15, 0.2) is 5.78 Å². The lowest BCUT2D eigenvalue weighted by molar-refractivity contribution is -0.115. The smallest absolute Gasteiger partial charge is 0.161 e. The van der Waals surface area contributed by atoms with Crippen LogP contribution in [-0.4, -0.2) is 18.3 Å². The number of carbonyl (C=O) groups is 1. The van der Waals surface area contributed by atoms with Gasteiger partial charge in [-0.25, -0.2) is 0 Å². The lowest BCUT2D eigenvalue weighted by Crippen LogP contribution is -1.97. The van der Waals surface area contributed by atoms with Gasteiger partial charge in [-0.2, -0.15) is 0 Å². The van der Waals surface area contributed by atoms with Crippen LogP contribution in [0.1, 0.15) is 12.0 Å². The van der Waals surface area contributed by atoms with Crippen molar-refractivity contribution < 1.29 is 4.79 Å². The van der Waals surface area contributed by atoms with Gasteiger partial charge in [-0.3, -0.25) is 4.79 Å².